The summed E-state index contributed by atoms with van der Waals surface area (Å²) < 4.78 is 5.96. The summed E-state index contributed by atoms with van der Waals surface area (Å²) in [5.74, 6) is 1.89. The maximum absolute atomic E-state index is 5.96. The van der Waals surface area contributed by atoms with Gasteiger partial charge in [0.1, 0.15) is 5.75 Å². The third kappa shape index (κ3) is 2.60. The molecule has 0 amide bonds. The van der Waals surface area contributed by atoms with E-state index in [1.165, 1.54) is 36.0 Å². The zero-order chi connectivity index (χ0) is 11.5. The van der Waals surface area contributed by atoms with Gasteiger partial charge in [0, 0.05) is 5.33 Å². The van der Waals surface area contributed by atoms with Crippen molar-refractivity contribution in [1.82, 2.24) is 0 Å². The van der Waals surface area contributed by atoms with Crippen molar-refractivity contribution in [1.29, 1.82) is 0 Å². The smallest absolute Gasteiger partial charge is 0.125 e. The van der Waals surface area contributed by atoms with Crippen LogP contribution < -0.4 is 4.74 Å². The van der Waals surface area contributed by atoms with Crippen LogP contribution in [0.3, 0.4) is 0 Å². The molecule has 0 aromatic heterocycles. The number of aryl methyl sites for hydroxylation is 2. The van der Waals surface area contributed by atoms with Crippen LogP contribution in [-0.2, 0) is 5.33 Å². The Bertz CT molecular complexity index is 346. The molecule has 0 bridgehead atoms. The van der Waals surface area contributed by atoms with E-state index in [0.29, 0.717) is 0 Å². The Morgan fingerprint density at radius 3 is 2.31 bits per heavy atom. The molecular weight excluding hydrogens is 264 g/mol. The lowest BCUT2D eigenvalue weighted by molar-refractivity contribution is 0.179. The third-order valence-electron chi connectivity index (χ3n) is 3.36. The van der Waals surface area contributed by atoms with Crippen molar-refractivity contribution in [3.05, 3.63) is 28.8 Å². The summed E-state index contributed by atoms with van der Waals surface area (Å²) in [6, 6.07) is 4.41. The number of alkyl halides is 1. The highest BCUT2D eigenvalue weighted by molar-refractivity contribution is 9.08. The van der Waals surface area contributed by atoms with Crippen LogP contribution in [0.2, 0.25) is 0 Å². The van der Waals surface area contributed by atoms with Gasteiger partial charge in [0.2, 0.25) is 0 Å². The number of ether oxygens (including phenoxy) is 1. The predicted octanol–water partition coefficient (Wildman–Crippen LogP) is 4.38. The zero-order valence-corrected chi connectivity index (χ0v) is 11.6. The molecule has 1 fully saturated rings. The molecule has 2 heteroatoms. The Morgan fingerprint density at radius 1 is 1.25 bits per heavy atom. The van der Waals surface area contributed by atoms with Crippen molar-refractivity contribution in [2.24, 2.45) is 5.92 Å². The quantitative estimate of drug-likeness (QED) is 0.745. The topological polar surface area (TPSA) is 9.23 Å². The van der Waals surface area contributed by atoms with Crippen molar-refractivity contribution < 1.29 is 4.74 Å². The van der Waals surface area contributed by atoms with Gasteiger partial charge in [0.15, 0.2) is 0 Å². The highest BCUT2D eigenvalue weighted by atomic mass is 79.9. The highest BCUT2D eigenvalue weighted by Crippen LogP contribution is 2.30. The van der Waals surface area contributed by atoms with E-state index >= 15 is 0 Å². The Morgan fingerprint density at radius 2 is 1.88 bits per heavy atom. The van der Waals surface area contributed by atoms with Crippen LogP contribution in [0.15, 0.2) is 12.1 Å². The fraction of sp³-hybridized carbons (Fsp3) is 0.571. The van der Waals surface area contributed by atoms with E-state index < -0.39 is 0 Å². The van der Waals surface area contributed by atoms with Gasteiger partial charge in [-0.3, -0.25) is 0 Å². The molecule has 1 aliphatic rings. The second-order valence-corrected chi connectivity index (χ2v) is 5.36. The van der Waals surface area contributed by atoms with Gasteiger partial charge in [-0.15, -0.1) is 0 Å². The van der Waals surface area contributed by atoms with Crippen LogP contribution >= 0.6 is 15.9 Å². The first kappa shape index (κ1) is 12.0. The second-order valence-electron chi connectivity index (χ2n) is 4.80. The first-order chi connectivity index (χ1) is 7.70. The summed E-state index contributed by atoms with van der Waals surface area (Å²) in [5.41, 5.74) is 3.84. The number of halogens is 1. The van der Waals surface area contributed by atoms with Crippen molar-refractivity contribution >= 4 is 15.9 Å². The van der Waals surface area contributed by atoms with Crippen molar-refractivity contribution in [2.75, 3.05) is 6.61 Å². The molecule has 0 saturated heterocycles. The first-order valence-electron chi connectivity index (χ1n) is 5.99. The fourth-order valence-corrected chi connectivity index (χ4v) is 2.53. The van der Waals surface area contributed by atoms with E-state index in [9.17, 15) is 0 Å². The molecule has 0 heterocycles. The standard InChI is InChI=1S/C14H19BrO/c1-10-6-13(8-15)7-11(2)14(10)16-9-12-4-3-5-12/h6-7,12H,3-5,8-9H2,1-2H3. The van der Waals surface area contributed by atoms with Gasteiger partial charge in [-0.25, -0.2) is 0 Å². The fourth-order valence-electron chi connectivity index (χ4n) is 2.21. The molecule has 1 nitrogen and oxygen atoms in total. The van der Waals surface area contributed by atoms with Crippen LogP contribution in [0.4, 0.5) is 0 Å². The highest BCUT2D eigenvalue weighted by Gasteiger charge is 2.18. The van der Waals surface area contributed by atoms with E-state index in [2.05, 4.69) is 41.9 Å². The minimum atomic E-state index is 0.801. The molecule has 0 spiro atoms. The molecular formula is C14H19BrO. The Kier molecular flexibility index (Phi) is 3.91. The zero-order valence-electron chi connectivity index (χ0n) is 10.1. The molecule has 1 aliphatic carbocycles. The SMILES string of the molecule is Cc1cc(CBr)cc(C)c1OCC1CCC1. The third-order valence-corrected chi connectivity index (χ3v) is 4.01. The van der Waals surface area contributed by atoms with Gasteiger partial charge in [-0.05, 0) is 49.3 Å². The minimum Gasteiger partial charge on any atom is -0.493 e. The predicted molar refractivity (Wildman–Crippen MR) is 71.4 cm³/mol. The minimum absolute atomic E-state index is 0.801. The van der Waals surface area contributed by atoms with Gasteiger partial charge in [-0.2, -0.15) is 0 Å². The molecule has 16 heavy (non-hydrogen) atoms. The molecule has 0 aliphatic heterocycles. The molecule has 88 valence electrons. The van der Waals surface area contributed by atoms with Gasteiger partial charge >= 0.3 is 0 Å². The lowest BCUT2D eigenvalue weighted by atomic mass is 9.86. The summed E-state index contributed by atoms with van der Waals surface area (Å²) in [7, 11) is 0. The molecule has 0 atom stereocenters. The van der Waals surface area contributed by atoms with Crippen molar-refractivity contribution in [3.8, 4) is 5.75 Å². The van der Waals surface area contributed by atoms with E-state index in [1.807, 2.05) is 0 Å². The molecule has 1 saturated carbocycles. The van der Waals surface area contributed by atoms with Gasteiger partial charge in [0.25, 0.3) is 0 Å². The van der Waals surface area contributed by atoms with E-state index in [4.69, 9.17) is 4.74 Å². The van der Waals surface area contributed by atoms with Gasteiger partial charge < -0.3 is 4.74 Å². The van der Waals surface area contributed by atoms with Crippen molar-refractivity contribution in [3.63, 3.8) is 0 Å². The van der Waals surface area contributed by atoms with Crippen LogP contribution in [0.1, 0.15) is 36.0 Å². The van der Waals surface area contributed by atoms with Gasteiger partial charge in [0.05, 0.1) is 6.61 Å². The number of hydrogen-bond donors (Lipinski definition) is 0. The maximum atomic E-state index is 5.96. The van der Waals surface area contributed by atoms with E-state index in [1.54, 1.807) is 0 Å². The molecule has 0 radical (unpaired) electrons. The lowest BCUT2D eigenvalue weighted by Gasteiger charge is -2.26. The van der Waals surface area contributed by atoms with Crippen LogP contribution in [-0.4, -0.2) is 6.61 Å². The number of rotatable bonds is 4. The van der Waals surface area contributed by atoms with Gasteiger partial charge in [-0.1, -0.05) is 34.5 Å². The summed E-state index contributed by atoms with van der Waals surface area (Å²) >= 11 is 3.49. The largest absolute Gasteiger partial charge is 0.493 e. The van der Waals surface area contributed by atoms with Crippen LogP contribution in [0.5, 0.6) is 5.75 Å². The summed E-state index contributed by atoms with van der Waals surface area (Å²) in [6.07, 6.45) is 4.07. The first-order valence-corrected chi connectivity index (χ1v) is 7.11. The van der Waals surface area contributed by atoms with E-state index in [-0.39, 0.29) is 0 Å². The summed E-state index contributed by atoms with van der Waals surface area (Å²) in [4.78, 5) is 0. The Hall–Kier alpha value is -0.500. The normalized spacial score (nSPS) is 15.9. The number of hydrogen-bond acceptors (Lipinski definition) is 1. The summed E-state index contributed by atoms with van der Waals surface area (Å²) in [6.45, 7) is 5.17. The number of benzene rings is 1. The lowest BCUT2D eigenvalue weighted by Crippen LogP contribution is -2.19. The monoisotopic (exact) mass is 282 g/mol. The average Bonchev–Trinajstić information content (AvgIpc) is 2.19. The summed E-state index contributed by atoms with van der Waals surface area (Å²) in [5, 5.41) is 0.914. The van der Waals surface area contributed by atoms with Crippen LogP contribution in [0, 0.1) is 19.8 Å². The van der Waals surface area contributed by atoms with Crippen molar-refractivity contribution in [2.45, 2.75) is 38.4 Å². The molecule has 0 N–H and O–H groups in total. The van der Waals surface area contributed by atoms with E-state index in [0.717, 1.165) is 23.6 Å². The molecule has 1 aromatic rings. The average molecular weight is 283 g/mol. The molecule has 0 unspecified atom stereocenters. The molecule has 1 aromatic carbocycles. The Labute approximate surface area is 106 Å². The van der Waals surface area contributed by atoms with Crippen LogP contribution in [0.25, 0.3) is 0 Å². The second kappa shape index (κ2) is 5.22. The maximum Gasteiger partial charge on any atom is 0.125 e. The molecule has 2 rings (SSSR count). The Balaban J connectivity index is 2.06.